The molecular weight excluding hydrogens is 262 g/mol. The molecule has 2 aliphatic rings. The summed E-state index contributed by atoms with van der Waals surface area (Å²) in [6, 6.07) is 0.559. The fourth-order valence-corrected chi connectivity index (χ4v) is 4.91. The average molecular weight is 283 g/mol. The molecule has 3 nitrogen and oxygen atoms in total. The number of anilines is 1. The van der Waals surface area contributed by atoms with Gasteiger partial charge in [0.05, 0.1) is 5.69 Å². The van der Waals surface area contributed by atoms with E-state index < -0.39 is 0 Å². The number of hydrogen-bond acceptors (Lipinski definition) is 5. The fraction of sp³-hybridized carbons (Fsp3) is 0.769. The molecule has 1 unspecified atom stereocenters. The van der Waals surface area contributed by atoms with Crippen LogP contribution in [-0.4, -0.2) is 36.1 Å². The standard InChI is InChI=1S/C13H21N3S2/c1-2-14-10-4-3-5-11-12(10)18-13(15-11)16-6-8-17-9-7-16/h10,14H,2-9H2,1H3. The highest BCUT2D eigenvalue weighted by molar-refractivity contribution is 7.99. The number of fused-ring (bicyclic) bond motifs is 1. The summed E-state index contributed by atoms with van der Waals surface area (Å²) in [5, 5.41) is 4.87. The van der Waals surface area contributed by atoms with E-state index in [9.17, 15) is 0 Å². The summed E-state index contributed by atoms with van der Waals surface area (Å²) >= 11 is 3.99. The van der Waals surface area contributed by atoms with Gasteiger partial charge in [0.1, 0.15) is 0 Å². The predicted octanol–water partition coefficient (Wildman–Crippen LogP) is 2.68. The van der Waals surface area contributed by atoms with Crippen LogP contribution in [0.15, 0.2) is 0 Å². The number of hydrogen-bond donors (Lipinski definition) is 1. The number of aryl methyl sites for hydroxylation is 1. The second-order valence-electron chi connectivity index (χ2n) is 4.91. The fourth-order valence-electron chi connectivity index (χ4n) is 2.74. The Labute approximate surface area is 117 Å². The first kappa shape index (κ1) is 12.8. The van der Waals surface area contributed by atoms with E-state index in [1.165, 1.54) is 59.6 Å². The molecular formula is C13H21N3S2. The Morgan fingerprint density at radius 1 is 1.39 bits per heavy atom. The molecule has 1 N–H and O–H groups in total. The van der Waals surface area contributed by atoms with Gasteiger partial charge in [-0.1, -0.05) is 18.3 Å². The number of aromatic nitrogens is 1. The van der Waals surface area contributed by atoms with E-state index >= 15 is 0 Å². The van der Waals surface area contributed by atoms with Gasteiger partial charge in [0, 0.05) is 35.5 Å². The highest BCUT2D eigenvalue weighted by Gasteiger charge is 2.25. The van der Waals surface area contributed by atoms with Crippen molar-refractivity contribution in [1.82, 2.24) is 10.3 Å². The first-order valence-corrected chi connectivity index (χ1v) is 8.91. The van der Waals surface area contributed by atoms with Crippen LogP contribution in [0.2, 0.25) is 0 Å². The predicted molar refractivity (Wildman–Crippen MR) is 81.0 cm³/mol. The molecule has 1 aliphatic carbocycles. The normalized spacial score (nSPS) is 24.1. The third-order valence-electron chi connectivity index (χ3n) is 3.67. The number of rotatable bonds is 3. The quantitative estimate of drug-likeness (QED) is 0.923. The third-order valence-corrected chi connectivity index (χ3v) is 5.89. The minimum Gasteiger partial charge on any atom is -0.346 e. The topological polar surface area (TPSA) is 28.2 Å². The van der Waals surface area contributed by atoms with Crippen LogP contribution in [-0.2, 0) is 6.42 Å². The molecule has 3 rings (SSSR count). The lowest BCUT2D eigenvalue weighted by Gasteiger charge is -2.25. The van der Waals surface area contributed by atoms with Crippen molar-refractivity contribution in [2.24, 2.45) is 0 Å². The Bertz CT molecular complexity index is 399. The summed E-state index contributed by atoms with van der Waals surface area (Å²) < 4.78 is 0. The minimum absolute atomic E-state index is 0.559. The maximum atomic E-state index is 4.90. The highest BCUT2D eigenvalue weighted by Crippen LogP contribution is 2.38. The van der Waals surface area contributed by atoms with Gasteiger partial charge < -0.3 is 10.2 Å². The van der Waals surface area contributed by atoms with E-state index in [1.807, 2.05) is 11.3 Å². The van der Waals surface area contributed by atoms with Gasteiger partial charge in [-0.3, -0.25) is 0 Å². The van der Waals surface area contributed by atoms with Gasteiger partial charge in [-0.15, -0.1) is 0 Å². The molecule has 0 amide bonds. The van der Waals surface area contributed by atoms with Crippen molar-refractivity contribution in [2.75, 3.05) is 36.0 Å². The Hall–Kier alpha value is -0.260. The molecule has 1 aromatic rings. The summed E-state index contributed by atoms with van der Waals surface area (Å²) in [5.41, 5.74) is 1.37. The van der Waals surface area contributed by atoms with E-state index in [4.69, 9.17) is 4.98 Å². The number of thiazole rings is 1. The largest absolute Gasteiger partial charge is 0.346 e. The van der Waals surface area contributed by atoms with E-state index in [0.717, 1.165) is 6.54 Å². The SMILES string of the molecule is CCNC1CCCc2nc(N3CCSCC3)sc21. The monoisotopic (exact) mass is 283 g/mol. The Morgan fingerprint density at radius 2 is 2.22 bits per heavy atom. The van der Waals surface area contributed by atoms with Gasteiger partial charge in [0.2, 0.25) is 0 Å². The van der Waals surface area contributed by atoms with E-state index in [1.54, 1.807) is 0 Å². The van der Waals surface area contributed by atoms with Crippen molar-refractivity contribution in [2.45, 2.75) is 32.2 Å². The molecule has 1 aliphatic heterocycles. The van der Waals surface area contributed by atoms with E-state index in [0.29, 0.717) is 6.04 Å². The van der Waals surface area contributed by atoms with Crippen molar-refractivity contribution in [3.63, 3.8) is 0 Å². The van der Waals surface area contributed by atoms with Crippen LogP contribution in [0.25, 0.3) is 0 Å². The van der Waals surface area contributed by atoms with Crippen LogP contribution in [0.5, 0.6) is 0 Å². The second-order valence-corrected chi connectivity index (χ2v) is 7.14. The maximum Gasteiger partial charge on any atom is 0.185 e. The van der Waals surface area contributed by atoms with Crippen molar-refractivity contribution < 1.29 is 0 Å². The summed E-state index contributed by atoms with van der Waals surface area (Å²) in [6.45, 7) is 5.58. The molecule has 0 radical (unpaired) electrons. The van der Waals surface area contributed by atoms with Crippen LogP contribution in [0.4, 0.5) is 5.13 Å². The Balaban J connectivity index is 1.81. The number of nitrogens with zero attached hydrogens (tertiary/aromatic N) is 2. The van der Waals surface area contributed by atoms with Gasteiger partial charge in [0.15, 0.2) is 5.13 Å². The lowest BCUT2D eigenvalue weighted by Crippen LogP contribution is -2.32. The van der Waals surface area contributed by atoms with Gasteiger partial charge in [-0.25, -0.2) is 4.98 Å². The van der Waals surface area contributed by atoms with Crippen LogP contribution >= 0.6 is 23.1 Å². The van der Waals surface area contributed by atoms with Crippen molar-refractivity contribution >= 4 is 28.2 Å². The van der Waals surface area contributed by atoms with Gasteiger partial charge in [0.25, 0.3) is 0 Å². The molecule has 1 saturated heterocycles. The van der Waals surface area contributed by atoms with Crippen LogP contribution in [0, 0.1) is 0 Å². The molecule has 0 spiro atoms. The molecule has 1 aromatic heterocycles. The smallest absolute Gasteiger partial charge is 0.185 e. The van der Waals surface area contributed by atoms with E-state index in [2.05, 4.69) is 28.9 Å². The van der Waals surface area contributed by atoms with Crippen molar-refractivity contribution in [3.05, 3.63) is 10.6 Å². The molecule has 0 bridgehead atoms. The van der Waals surface area contributed by atoms with Gasteiger partial charge in [-0.2, -0.15) is 11.8 Å². The second kappa shape index (κ2) is 5.80. The summed E-state index contributed by atoms with van der Waals surface area (Å²) in [6.07, 6.45) is 3.73. The average Bonchev–Trinajstić information content (AvgIpc) is 2.85. The molecule has 1 fully saturated rings. The first-order chi connectivity index (χ1) is 8.88. The Kier molecular flexibility index (Phi) is 4.11. The maximum absolute atomic E-state index is 4.90. The van der Waals surface area contributed by atoms with Crippen LogP contribution in [0.3, 0.4) is 0 Å². The third kappa shape index (κ3) is 2.53. The molecule has 18 heavy (non-hydrogen) atoms. The lowest BCUT2D eigenvalue weighted by atomic mass is 9.98. The summed E-state index contributed by atoms with van der Waals surface area (Å²) in [7, 11) is 0. The number of thioether (sulfide) groups is 1. The zero-order valence-electron chi connectivity index (χ0n) is 10.9. The molecule has 0 saturated carbocycles. The number of nitrogens with one attached hydrogen (secondary N) is 1. The molecule has 0 aromatic carbocycles. The first-order valence-electron chi connectivity index (χ1n) is 6.94. The lowest BCUT2D eigenvalue weighted by molar-refractivity contribution is 0.476. The molecule has 2 heterocycles. The van der Waals surface area contributed by atoms with Crippen LogP contribution < -0.4 is 10.2 Å². The van der Waals surface area contributed by atoms with E-state index in [-0.39, 0.29) is 0 Å². The summed E-state index contributed by atoms with van der Waals surface area (Å²) in [5.74, 6) is 2.50. The highest BCUT2D eigenvalue weighted by atomic mass is 32.2. The molecule has 100 valence electrons. The van der Waals surface area contributed by atoms with Gasteiger partial charge in [-0.05, 0) is 25.8 Å². The van der Waals surface area contributed by atoms with Crippen molar-refractivity contribution in [3.8, 4) is 0 Å². The minimum atomic E-state index is 0.559. The molecule has 1 atom stereocenters. The summed E-state index contributed by atoms with van der Waals surface area (Å²) in [4.78, 5) is 8.89. The Morgan fingerprint density at radius 3 is 3.00 bits per heavy atom. The van der Waals surface area contributed by atoms with Crippen molar-refractivity contribution in [1.29, 1.82) is 0 Å². The van der Waals surface area contributed by atoms with Crippen LogP contribution in [0.1, 0.15) is 36.4 Å². The zero-order valence-corrected chi connectivity index (χ0v) is 12.6. The molecule has 5 heteroatoms. The zero-order chi connectivity index (χ0) is 12.4. The van der Waals surface area contributed by atoms with Gasteiger partial charge >= 0.3 is 0 Å².